The lowest BCUT2D eigenvalue weighted by Gasteiger charge is -2.45. The van der Waals surface area contributed by atoms with Gasteiger partial charge in [0.15, 0.2) is 0 Å². The van der Waals surface area contributed by atoms with Gasteiger partial charge >= 0.3 is 0 Å². The Bertz CT molecular complexity index is 170. The molecule has 0 aliphatic carbocycles. The molecule has 0 rings (SSSR count). The van der Waals surface area contributed by atoms with Crippen LogP contribution in [0, 0.1) is 22.6 Å². The van der Waals surface area contributed by atoms with Crippen molar-refractivity contribution in [1.29, 1.82) is 0 Å². The lowest BCUT2D eigenvalue weighted by molar-refractivity contribution is 0.0389. The highest BCUT2D eigenvalue weighted by atomic mass is 14.4. The fourth-order valence-corrected chi connectivity index (χ4v) is 1.31. The van der Waals surface area contributed by atoms with Crippen LogP contribution in [0.3, 0.4) is 0 Å². The SMILES string of the molecule is [2H]C(C)(C(C)C)C(C)(C)C(C)(C)C. The molecular formula is C12H26. The molecule has 0 N–H and O–H groups in total. The van der Waals surface area contributed by atoms with Gasteiger partial charge in [-0.25, -0.2) is 0 Å². The third-order valence-corrected chi connectivity index (χ3v) is 3.73. The predicted octanol–water partition coefficient (Wildman–Crippen LogP) is 4.35. The quantitative estimate of drug-likeness (QED) is 0.579. The lowest BCUT2D eigenvalue weighted by Crippen LogP contribution is -2.38. The van der Waals surface area contributed by atoms with Crippen molar-refractivity contribution in [2.45, 2.75) is 55.4 Å². The van der Waals surface area contributed by atoms with E-state index in [-0.39, 0.29) is 16.7 Å². The highest BCUT2D eigenvalue weighted by Gasteiger charge is 2.38. The maximum absolute atomic E-state index is 8.44. The Kier molecular flexibility index (Phi) is 2.85. The summed E-state index contributed by atoms with van der Waals surface area (Å²) in [7, 11) is 0. The summed E-state index contributed by atoms with van der Waals surface area (Å²) in [6.07, 6.45) is 0. The minimum absolute atomic E-state index is 0.0220. The Morgan fingerprint density at radius 1 is 0.917 bits per heavy atom. The van der Waals surface area contributed by atoms with Crippen LogP contribution in [0.2, 0.25) is 0 Å². The van der Waals surface area contributed by atoms with E-state index >= 15 is 0 Å². The van der Waals surface area contributed by atoms with E-state index in [1.807, 2.05) is 0 Å². The van der Waals surface area contributed by atoms with Crippen molar-refractivity contribution < 1.29 is 1.37 Å². The molecule has 0 aromatic heterocycles. The van der Waals surface area contributed by atoms with Crippen LogP contribution in [0.4, 0.5) is 0 Å². The molecule has 0 heterocycles. The maximum Gasteiger partial charge on any atom is 0.0308 e. The van der Waals surface area contributed by atoms with Crippen molar-refractivity contribution in [1.82, 2.24) is 0 Å². The fourth-order valence-electron chi connectivity index (χ4n) is 1.31. The Morgan fingerprint density at radius 2 is 1.25 bits per heavy atom. The van der Waals surface area contributed by atoms with Gasteiger partial charge in [-0.3, -0.25) is 0 Å². The largest absolute Gasteiger partial charge is 0.0625 e. The van der Waals surface area contributed by atoms with E-state index in [1.54, 1.807) is 0 Å². The van der Waals surface area contributed by atoms with Gasteiger partial charge in [-0.15, -0.1) is 0 Å². The average Bonchev–Trinajstić information content (AvgIpc) is 1.84. The minimum atomic E-state index is -0.370. The van der Waals surface area contributed by atoms with E-state index in [1.165, 1.54) is 0 Å². The van der Waals surface area contributed by atoms with E-state index in [4.69, 9.17) is 1.37 Å². The molecule has 0 saturated carbocycles. The molecule has 0 aliphatic rings. The van der Waals surface area contributed by atoms with Crippen molar-refractivity contribution in [3.63, 3.8) is 0 Å². The van der Waals surface area contributed by atoms with Crippen molar-refractivity contribution in [3.8, 4) is 0 Å². The highest BCUT2D eigenvalue weighted by Crippen LogP contribution is 2.46. The molecule has 0 saturated heterocycles. The molecule has 0 nitrogen and oxygen atoms in total. The van der Waals surface area contributed by atoms with Gasteiger partial charge in [0.25, 0.3) is 0 Å². The van der Waals surface area contributed by atoms with Crippen molar-refractivity contribution in [2.75, 3.05) is 0 Å². The molecule has 1 unspecified atom stereocenters. The zero-order chi connectivity index (χ0) is 11.1. The third kappa shape index (κ3) is 2.24. The van der Waals surface area contributed by atoms with Crippen LogP contribution in [-0.4, -0.2) is 0 Å². The van der Waals surface area contributed by atoms with Crippen LogP contribution in [0.25, 0.3) is 0 Å². The number of rotatable bonds is 2. The molecule has 0 fully saturated rings. The second-order valence-corrected chi connectivity index (χ2v) is 5.71. The zero-order valence-electron chi connectivity index (χ0n) is 11.1. The molecular weight excluding hydrogens is 144 g/mol. The van der Waals surface area contributed by atoms with Gasteiger partial charge < -0.3 is 0 Å². The van der Waals surface area contributed by atoms with E-state index in [2.05, 4.69) is 55.4 Å². The lowest BCUT2D eigenvalue weighted by atomic mass is 9.60. The highest BCUT2D eigenvalue weighted by molar-refractivity contribution is 4.87. The molecule has 0 spiro atoms. The Labute approximate surface area is 80.2 Å². The standard InChI is InChI=1S/C12H26/c1-9(2)10(3)12(7,8)11(4,5)6/h9-10H,1-8H3/i10D. The summed E-state index contributed by atoms with van der Waals surface area (Å²) in [5.41, 5.74) is 0.196. The maximum atomic E-state index is 8.44. The minimum Gasteiger partial charge on any atom is -0.0625 e. The van der Waals surface area contributed by atoms with Crippen molar-refractivity contribution >= 4 is 0 Å². The van der Waals surface area contributed by atoms with Gasteiger partial charge in [-0.1, -0.05) is 55.4 Å². The van der Waals surface area contributed by atoms with Gasteiger partial charge in [0.1, 0.15) is 0 Å². The summed E-state index contributed by atoms with van der Waals surface area (Å²) in [4.78, 5) is 0. The van der Waals surface area contributed by atoms with Gasteiger partial charge in [-0.05, 0) is 22.6 Å². The van der Waals surface area contributed by atoms with E-state index in [9.17, 15) is 0 Å². The molecule has 0 aromatic rings. The topological polar surface area (TPSA) is 0 Å². The van der Waals surface area contributed by atoms with E-state index in [0.717, 1.165) is 0 Å². The van der Waals surface area contributed by atoms with Gasteiger partial charge in [0, 0.05) is 1.37 Å². The summed E-state index contributed by atoms with van der Waals surface area (Å²) >= 11 is 0. The molecule has 12 heavy (non-hydrogen) atoms. The van der Waals surface area contributed by atoms with Gasteiger partial charge in [0.05, 0.1) is 0 Å². The molecule has 0 aromatic carbocycles. The molecule has 0 bridgehead atoms. The molecule has 0 heteroatoms. The van der Waals surface area contributed by atoms with E-state index < -0.39 is 0 Å². The van der Waals surface area contributed by atoms with Crippen LogP contribution in [-0.2, 0) is 0 Å². The normalized spacial score (nSPS) is 20.6. The van der Waals surface area contributed by atoms with Crippen molar-refractivity contribution in [3.05, 3.63) is 0 Å². The second-order valence-electron chi connectivity index (χ2n) is 5.71. The zero-order valence-corrected chi connectivity index (χ0v) is 10.1. The van der Waals surface area contributed by atoms with Crippen LogP contribution >= 0.6 is 0 Å². The van der Waals surface area contributed by atoms with E-state index in [0.29, 0.717) is 5.92 Å². The summed E-state index contributed by atoms with van der Waals surface area (Å²) in [6, 6.07) is 0. The van der Waals surface area contributed by atoms with Gasteiger partial charge in [-0.2, -0.15) is 0 Å². The smallest absolute Gasteiger partial charge is 0.0308 e. The molecule has 1 atom stereocenters. The summed E-state index contributed by atoms with van der Waals surface area (Å²) in [5.74, 6) is 0.0207. The first kappa shape index (κ1) is 10.1. The van der Waals surface area contributed by atoms with Gasteiger partial charge in [0.2, 0.25) is 0 Å². The Morgan fingerprint density at radius 3 is 1.33 bits per heavy atom. The van der Waals surface area contributed by atoms with Crippen LogP contribution in [0.1, 0.15) is 56.8 Å². The third-order valence-electron chi connectivity index (χ3n) is 3.73. The Hall–Kier alpha value is 0. The molecule has 0 aliphatic heterocycles. The first-order chi connectivity index (χ1) is 5.44. The second kappa shape index (κ2) is 3.40. The molecule has 0 amide bonds. The average molecular weight is 171 g/mol. The summed E-state index contributed by atoms with van der Waals surface area (Å²) in [5, 5.41) is 0. The van der Waals surface area contributed by atoms with Crippen LogP contribution in [0.15, 0.2) is 0 Å². The summed E-state index contributed by atoms with van der Waals surface area (Å²) < 4.78 is 8.44. The van der Waals surface area contributed by atoms with Crippen LogP contribution in [0.5, 0.6) is 0 Å². The fraction of sp³-hybridized carbons (Fsp3) is 1.00. The first-order valence-corrected chi connectivity index (χ1v) is 4.94. The predicted molar refractivity (Wildman–Crippen MR) is 57.2 cm³/mol. The first-order valence-electron chi connectivity index (χ1n) is 5.44. The number of hydrogen-bond acceptors (Lipinski definition) is 0. The van der Waals surface area contributed by atoms with Crippen LogP contribution < -0.4 is 0 Å². The Balaban J connectivity index is 5.04. The molecule has 0 radical (unpaired) electrons. The summed E-state index contributed by atoms with van der Waals surface area (Å²) in [6.45, 7) is 17.4. The molecule has 74 valence electrons. The number of hydrogen-bond donors (Lipinski definition) is 0. The monoisotopic (exact) mass is 171 g/mol. The van der Waals surface area contributed by atoms with Crippen molar-refractivity contribution in [2.24, 2.45) is 22.6 Å².